The fourth-order valence-electron chi connectivity index (χ4n) is 2.04. The second-order valence-corrected chi connectivity index (χ2v) is 4.42. The molecule has 0 saturated heterocycles. The SMILES string of the molecule is COc1ccccc1NC(=O)c1cccc([N+](=O)[O-])c1C(=O)O. The minimum absolute atomic E-state index is 0.308. The largest absolute Gasteiger partial charge is 0.495 e. The smallest absolute Gasteiger partial charge is 0.343 e. The Labute approximate surface area is 130 Å². The summed E-state index contributed by atoms with van der Waals surface area (Å²) in [5, 5.41) is 22.6. The quantitative estimate of drug-likeness (QED) is 0.646. The molecule has 0 fully saturated rings. The number of carbonyl (C=O) groups is 2. The van der Waals surface area contributed by atoms with Crippen molar-refractivity contribution in [1.82, 2.24) is 0 Å². The van der Waals surface area contributed by atoms with Crippen LogP contribution in [0.1, 0.15) is 20.7 Å². The van der Waals surface area contributed by atoms with Crippen molar-refractivity contribution in [3.63, 3.8) is 0 Å². The fourth-order valence-corrected chi connectivity index (χ4v) is 2.04. The molecule has 0 spiro atoms. The third-order valence-electron chi connectivity index (χ3n) is 3.05. The Morgan fingerprint density at radius 1 is 1.17 bits per heavy atom. The maximum Gasteiger partial charge on any atom is 0.343 e. The Morgan fingerprint density at radius 3 is 2.48 bits per heavy atom. The lowest BCUT2D eigenvalue weighted by Gasteiger charge is -2.11. The summed E-state index contributed by atoms with van der Waals surface area (Å²) in [7, 11) is 1.42. The molecule has 0 unspecified atom stereocenters. The lowest BCUT2D eigenvalue weighted by molar-refractivity contribution is -0.385. The molecule has 0 aliphatic rings. The average Bonchev–Trinajstić information content (AvgIpc) is 2.54. The number of amides is 1. The van der Waals surface area contributed by atoms with Crippen LogP contribution in [0.3, 0.4) is 0 Å². The van der Waals surface area contributed by atoms with Crippen LogP contribution in [0, 0.1) is 10.1 Å². The monoisotopic (exact) mass is 316 g/mol. The van der Waals surface area contributed by atoms with Gasteiger partial charge >= 0.3 is 5.97 Å². The number of nitro groups is 1. The Hall–Kier alpha value is -3.42. The third kappa shape index (κ3) is 3.26. The van der Waals surface area contributed by atoms with Crippen molar-refractivity contribution in [2.75, 3.05) is 12.4 Å². The number of benzene rings is 2. The van der Waals surface area contributed by atoms with E-state index in [0.29, 0.717) is 11.4 Å². The highest BCUT2D eigenvalue weighted by molar-refractivity contribution is 6.12. The normalized spacial score (nSPS) is 9.96. The number of nitro benzene ring substituents is 1. The van der Waals surface area contributed by atoms with Crippen molar-refractivity contribution in [2.45, 2.75) is 0 Å². The first-order chi connectivity index (χ1) is 11.0. The number of carboxylic acid groups (broad SMARTS) is 1. The van der Waals surface area contributed by atoms with Gasteiger partial charge in [-0.15, -0.1) is 0 Å². The summed E-state index contributed by atoms with van der Waals surface area (Å²) in [4.78, 5) is 33.8. The molecule has 1 amide bonds. The van der Waals surface area contributed by atoms with Gasteiger partial charge in [-0.1, -0.05) is 18.2 Å². The van der Waals surface area contributed by atoms with Crippen LogP contribution < -0.4 is 10.1 Å². The standard InChI is InChI=1S/C15H12N2O6/c1-23-12-8-3-2-6-10(12)16-14(18)9-5-4-7-11(17(21)22)13(9)15(19)20/h2-8H,1H3,(H,16,18)(H,19,20). The van der Waals surface area contributed by atoms with E-state index in [1.165, 1.54) is 19.2 Å². The van der Waals surface area contributed by atoms with Gasteiger partial charge in [-0.3, -0.25) is 14.9 Å². The number of aromatic carboxylic acids is 1. The first kappa shape index (κ1) is 16.0. The summed E-state index contributed by atoms with van der Waals surface area (Å²) in [6, 6.07) is 10.0. The molecule has 0 aliphatic heterocycles. The van der Waals surface area contributed by atoms with Crippen LogP contribution >= 0.6 is 0 Å². The van der Waals surface area contributed by atoms with Gasteiger partial charge in [0.1, 0.15) is 11.3 Å². The first-order valence-corrected chi connectivity index (χ1v) is 6.40. The highest BCUT2D eigenvalue weighted by Gasteiger charge is 2.27. The zero-order valence-corrected chi connectivity index (χ0v) is 12.0. The zero-order valence-electron chi connectivity index (χ0n) is 12.0. The van der Waals surface area contributed by atoms with E-state index in [1.54, 1.807) is 24.3 Å². The van der Waals surface area contributed by atoms with E-state index in [1.807, 2.05) is 0 Å². The molecule has 0 aliphatic carbocycles. The van der Waals surface area contributed by atoms with Crippen LogP contribution in [-0.2, 0) is 0 Å². The number of methoxy groups -OCH3 is 1. The molecular weight excluding hydrogens is 304 g/mol. The molecule has 2 rings (SSSR count). The number of hydrogen-bond donors (Lipinski definition) is 2. The Balaban J connectivity index is 2.46. The fraction of sp³-hybridized carbons (Fsp3) is 0.0667. The van der Waals surface area contributed by atoms with E-state index in [4.69, 9.17) is 4.74 Å². The molecule has 118 valence electrons. The van der Waals surface area contributed by atoms with Crippen LogP contribution in [0.5, 0.6) is 5.75 Å². The summed E-state index contributed by atoms with van der Waals surface area (Å²) in [6.07, 6.45) is 0. The number of nitrogens with zero attached hydrogens (tertiary/aromatic N) is 1. The topological polar surface area (TPSA) is 119 Å². The van der Waals surface area contributed by atoms with Gasteiger partial charge in [-0.25, -0.2) is 4.79 Å². The number of ether oxygens (including phenoxy) is 1. The molecule has 2 N–H and O–H groups in total. The molecule has 0 saturated carbocycles. The van der Waals surface area contributed by atoms with Crippen LogP contribution in [-0.4, -0.2) is 29.0 Å². The van der Waals surface area contributed by atoms with Crippen LogP contribution in [0.15, 0.2) is 42.5 Å². The van der Waals surface area contributed by atoms with E-state index in [0.717, 1.165) is 6.07 Å². The summed E-state index contributed by atoms with van der Waals surface area (Å²) >= 11 is 0. The average molecular weight is 316 g/mol. The second kappa shape index (κ2) is 6.56. The lowest BCUT2D eigenvalue weighted by atomic mass is 10.0. The van der Waals surface area contributed by atoms with E-state index in [9.17, 15) is 24.8 Å². The Bertz CT molecular complexity index is 787. The number of rotatable bonds is 5. The van der Waals surface area contributed by atoms with Gasteiger partial charge in [-0.2, -0.15) is 0 Å². The summed E-state index contributed by atoms with van der Waals surface area (Å²) in [6.45, 7) is 0. The summed E-state index contributed by atoms with van der Waals surface area (Å²) in [5.74, 6) is -1.96. The molecule has 0 bridgehead atoms. The Kier molecular flexibility index (Phi) is 4.55. The van der Waals surface area contributed by atoms with E-state index in [2.05, 4.69) is 5.32 Å². The molecule has 0 aromatic heterocycles. The van der Waals surface area contributed by atoms with E-state index < -0.39 is 28.1 Å². The highest BCUT2D eigenvalue weighted by Crippen LogP contribution is 2.26. The van der Waals surface area contributed by atoms with Crippen LogP contribution in [0.25, 0.3) is 0 Å². The zero-order chi connectivity index (χ0) is 17.0. The van der Waals surface area contributed by atoms with Crippen molar-refractivity contribution in [2.24, 2.45) is 0 Å². The number of carbonyl (C=O) groups excluding carboxylic acids is 1. The van der Waals surface area contributed by atoms with Crippen molar-refractivity contribution in [3.05, 3.63) is 63.7 Å². The number of hydrogen-bond acceptors (Lipinski definition) is 5. The minimum atomic E-state index is -1.55. The van der Waals surface area contributed by atoms with Gasteiger partial charge in [0.2, 0.25) is 0 Å². The maximum absolute atomic E-state index is 12.3. The number of para-hydroxylation sites is 2. The van der Waals surface area contributed by atoms with Crippen molar-refractivity contribution < 1.29 is 24.4 Å². The summed E-state index contributed by atoms with van der Waals surface area (Å²) < 4.78 is 5.08. The number of nitrogens with one attached hydrogen (secondary N) is 1. The number of carboxylic acids is 1. The number of anilines is 1. The summed E-state index contributed by atoms with van der Waals surface area (Å²) in [5.41, 5.74) is -1.30. The third-order valence-corrected chi connectivity index (χ3v) is 3.05. The molecule has 2 aromatic carbocycles. The predicted molar refractivity (Wildman–Crippen MR) is 81.0 cm³/mol. The lowest BCUT2D eigenvalue weighted by Crippen LogP contribution is -2.18. The van der Waals surface area contributed by atoms with E-state index in [-0.39, 0.29) is 5.56 Å². The van der Waals surface area contributed by atoms with Crippen LogP contribution in [0.2, 0.25) is 0 Å². The van der Waals surface area contributed by atoms with Gasteiger partial charge < -0.3 is 15.2 Å². The van der Waals surface area contributed by atoms with Gasteiger partial charge in [0.05, 0.1) is 23.3 Å². The molecule has 0 radical (unpaired) electrons. The second-order valence-electron chi connectivity index (χ2n) is 4.42. The molecule has 0 atom stereocenters. The first-order valence-electron chi connectivity index (χ1n) is 6.40. The Morgan fingerprint density at radius 2 is 1.87 bits per heavy atom. The highest BCUT2D eigenvalue weighted by atomic mass is 16.6. The van der Waals surface area contributed by atoms with Crippen molar-refractivity contribution >= 4 is 23.3 Å². The van der Waals surface area contributed by atoms with Crippen LogP contribution in [0.4, 0.5) is 11.4 Å². The molecule has 0 heterocycles. The molecule has 8 heteroatoms. The minimum Gasteiger partial charge on any atom is -0.495 e. The van der Waals surface area contributed by atoms with E-state index >= 15 is 0 Å². The molecule has 8 nitrogen and oxygen atoms in total. The predicted octanol–water partition coefficient (Wildman–Crippen LogP) is 2.55. The van der Waals surface area contributed by atoms with Crippen molar-refractivity contribution in [3.8, 4) is 5.75 Å². The van der Waals surface area contributed by atoms with Crippen molar-refractivity contribution in [1.29, 1.82) is 0 Å². The van der Waals surface area contributed by atoms with Gasteiger partial charge in [-0.05, 0) is 18.2 Å². The molecular formula is C15H12N2O6. The van der Waals surface area contributed by atoms with Gasteiger partial charge in [0.25, 0.3) is 11.6 Å². The van der Waals surface area contributed by atoms with Gasteiger partial charge in [0, 0.05) is 6.07 Å². The molecule has 23 heavy (non-hydrogen) atoms. The molecule has 2 aromatic rings. The van der Waals surface area contributed by atoms with Gasteiger partial charge in [0.15, 0.2) is 0 Å². The maximum atomic E-state index is 12.3.